The van der Waals surface area contributed by atoms with Gasteiger partial charge >= 0.3 is 0 Å². The largest absolute Gasteiger partial charge is 0.396 e. The van der Waals surface area contributed by atoms with Crippen LogP contribution in [-0.2, 0) is 13.0 Å². The quantitative estimate of drug-likeness (QED) is 0.852. The summed E-state index contributed by atoms with van der Waals surface area (Å²) in [5, 5.41) is 6.95. The van der Waals surface area contributed by atoms with Crippen molar-refractivity contribution in [3.63, 3.8) is 0 Å². The molecule has 1 aromatic carbocycles. The standard InChI is InChI=1S/C14H18N4O/c1-2-11-5-3-4-6-13(11)14(19)16-7-8-18-10-12(15)9-17-18/h3-6,9-10H,2,7-8,15H2,1H3,(H,16,19). The SMILES string of the molecule is CCc1ccccc1C(=O)NCCn1cc(N)cn1. The number of hydrogen-bond acceptors (Lipinski definition) is 3. The lowest BCUT2D eigenvalue weighted by Crippen LogP contribution is -2.28. The van der Waals surface area contributed by atoms with Crippen molar-refractivity contribution in [1.82, 2.24) is 15.1 Å². The highest BCUT2D eigenvalue weighted by molar-refractivity contribution is 5.95. The molecule has 5 nitrogen and oxygen atoms in total. The van der Waals surface area contributed by atoms with Gasteiger partial charge in [0.2, 0.25) is 0 Å². The van der Waals surface area contributed by atoms with E-state index < -0.39 is 0 Å². The Balaban J connectivity index is 1.90. The van der Waals surface area contributed by atoms with Gasteiger partial charge in [0, 0.05) is 18.3 Å². The number of nitrogens with two attached hydrogens (primary N) is 1. The third-order valence-corrected chi connectivity index (χ3v) is 2.92. The van der Waals surface area contributed by atoms with Crippen molar-refractivity contribution >= 4 is 11.6 Å². The lowest BCUT2D eigenvalue weighted by Gasteiger charge is -2.08. The van der Waals surface area contributed by atoms with Crippen molar-refractivity contribution < 1.29 is 4.79 Å². The van der Waals surface area contributed by atoms with Crippen LogP contribution in [0.15, 0.2) is 36.7 Å². The van der Waals surface area contributed by atoms with Crippen LogP contribution in [0.25, 0.3) is 0 Å². The number of amides is 1. The zero-order valence-electron chi connectivity index (χ0n) is 11.0. The van der Waals surface area contributed by atoms with Gasteiger partial charge in [-0.25, -0.2) is 0 Å². The molecule has 0 bridgehead atoms. The van der Waals surface area contributed by atoms with E-state index in [0.717, 1.165) is 17.5 Å². The van der Waals surface area contributed by atoms with E-state index in [1.54, 1.807) is 17.1 Å². The highest BCUT2D eigenvalue weighted by Gasteiger charge is 2.08. The van der Waals surface area contributed by atoms with E-state index >= 15 is 0 Å². The molecule has 1 amide bonds. The monoisotopic (exact) mass is 258 g/mol. The maximum absolute atomic E-state index is 12.1. The smallest absolute Gasteiger partial charge is 0.251 e. The Labute approximate surface area is 112 Å². The van der Waals surface area contributed by atoms with Crippen LogP contribution < -0.4 is 11.1 Å². The molecule has 2 aromatic rings. The molecule has 19 heavy (non-hydrogen) atoms. The Kier molecular flexibility index (Phi) is 4.18. The first kappa shape index (κ1) is 13.1. The molecule has 0 aliphatic carbocycles. The summed E-state index contributed by atoms with van der Waals surface area (Å²) in [6, 6.07) is 7.65. The van der Waals surface area contributed by atoms with Gasteiger partial charge in [0.15, 0.2) is 0 Å². The summed E-state index contributed by atoms with van der Waals surface area (Å²) in [6.07, 6.45) is 4.18. The predicted octanol–water partition coefficient (Wildman–Crippen LogP) is 1.46. The topological polar surface area (TPSA) is 72.9 Å². The molecule has 0 spiro atoms. The number of carbonyl (C=O) groups is 1. The van der Waals surface area contributed by atoms with Gasteiger partial charge in [-0.05, 0) is 18.1 Å². The van der Waals surface area contributed by atoms with E-state index in [2.05, 4.69) is 10.4 Å². The Morgan fingerprint density at radius 3 is 2.89 bits per heavy atom. The number of carbonyl (C=O) groups excluding carboxylic acids is 1. The fraction of sp³-hybridized carbons (Fsp3) is 0.286. The van der Waals surface area contributed by atoms with E-state index in [1.165, 1.54) is 0 Å². The normalized spacial score (nSPS) is 10.4. The van der Waals surface area contributed by atoms with Gasteiger partial charge < -0.3 is 11.1 Å². The Morgan fingerprint density at radius 2 is 2.21 bits per heavy atom. The Morgan fingerprint density at radius 1 is 1.42 bits per heavy atom. The number of hydrogen-bond donors (Lipinski definition) is 2. The van der Waals surface area contributed by atoms with E-state index in [1.807, 2.05) is 31.2 Å². The number of benzene rings is 1. The zero-order valence-corrected chi connectivity index (χ0v) is 11.0. The molecule has 1 aromatic heterocycles. The second-order valence-corrected chi connectivity index (χ2v) is 4.30. The number of rotatable bonds is 5. The van der Waals surface area contributed by atoms with Crippen LogP contribution in [0.1, 0.15) is 22.8 Å². The lowest BCUT2D eigenvalue weighted by molar-refractivity contribution is 0.0951. The van der Waals surface area contributed by atoms with Crippen LogP contribution in [-0.4, -0.2) is 22.2 Å². The molecule has 2 rings (SSSR count). The van der Waals surface area contributed by atoms with Gasteiger partial charge in [0.25, 0.3) is 5.91 Å². The molecule has 0 saturated heterocycles. The maximum Gasteiger partial charge on any atom is 0.251 e. The minimum absolute atomic E-state index is 0.0439. The number of nitrogens with one attached hydrogen (secondary N) is 1. The van der Waals surface area contributed by atoms with Crippen LogP contribution in [0.5, 0.6) is 0 Å². The Bertz CT molecular complexity index is 562. The van der Waals surface area contributed by atoms with Crippen molar-refractivity contribution in [3.8, 4) is 0 Å². The summed E-state index contributed by atoms with van der Waals surface area (Å²) in [7, 11) is 0. The average Bonchev–Trinajstić information content (AvgIpc) is 2.84. The van der Waals surface area contributed by atoms with Crippen LogP contribution in [0.3, 0.4) is 0 Å². The third-order valence-electron chi connectivity index (χ3n) is 2.92. The van der Waals surface area contributed by atoms with Gasteiger partial charge in [0.05, 0.1) is 18.4 Å². The van der Waals surface area contributed by atoms with Crippen molar-refractivity contribution in [2.45, 2.75) is 19.9 Å². The minimum Gasteiger partial charge on any atom is -0.396 e. The van der Waals surface area contributed by atoms with Crippen molar-refractivity contribution in [2.75, 3.05) is 12.3 Å². The number of anilines is 1. The first-order valence-electron chi connectivity index (χ1n) is 6.34. The van der Waals surface area contributed by atoms with Gasteiger partial charge in [-0.1, -0.05) is 25.1 Å². The molecule has 0 aliphatic rings. The van der Waals surface area contributed by atoms with Crippen molar-refractivity contribution in [3.05, 3.63) is 47.8 Å². The molecule has 0 radical (unpaired) electrons. The molecular weight excluding hydrogens is 240 g/mol. The molecule has 0 atom stereocenters. The maximum atomic E-state index is 12.1. The van der Waals surface area contributed by atoms with Crippen LogP contribution in [0.2, 0.25) is 0 Å². The summed E-state index contributed by atoms with van der Waals surface area (Å²) < 4.78 is 1.71. The number of aromatic nitrogens is 2. The second-order valence-electron chi connectivity index (χ2n) is 4.30. The van der Waals surface area contributed by atoms with Gasteiger partial charge in [0.1, 0.15) is 0 Å². The van der Waals surface area contributed by atoms with Gasteiger partial charge in [-0.2, -0.15) is 5.10 Å². The summed E-state index contributed by atoms with van der Waals surface area (Å²) in [5.74, 6) is -0.0439. The van der Waals surface area contributed by atoms with E-state index in [0.29, 0.717) is 18.8 Å². The summed E-state index contributed by atoms with van der Waals surface area (Å²) >= 11 is 0. The number of aryl methyl sites for hydroxylation is 1. The third kappa shape index (κ3) is 3.34. The molecule has 5 heteroatoms. The average molecular weight is 258 g/mol. The van der Waals surface area contributed by atoms with E-state index in [9.17, 15) is 4.79 Å². The molecule has 3 N–H and O–H groups in total. The molecule has 0 unspecified atom stereocenters. The fourth-order valence-corrected chi connectivity index (χ4v) is 1.93. The molecule has 0 aliphatic heterocycles. The number of nitrogens with zero attached hydrogens (tertiary/aromatic N) is 2. The summed E-state index contributed by atoms with van der Waals surface area (Å²) in [5.41, 5.74) is 8.00. The van der Waals surface area contributed by atoms with Crippen molar-refractivity contribution in [2.24, 2.45) is 0 Å². The summed E-state index contributed by atoms with van der Waals surface area (Å²) in [6.45, 7) is 3.17. The fourth-order valence-electron chi connectivity index (χ4n) is 1.93. The first-order valence-corrected chi connectivity index (χ1v) is 6.34. The molecular formula is C14H18N4O. The van der Waals surface area contributed by atoms with Crippen LogP contribution >= 0.6 is 0 Å². The summed E-state index contributed by atoms with van der Waals surface area (Å²) in [4.78, 5) is 12.1. The molecule has 0 fully saturated rings. The number of nitrogen functional groups attached to an aromatic ring is 1. The molecule has 1 heterocycles. The zero-order chi connectivity index (χ0) is 13.7. The van der Waals surface area contributed by atoms with E-state index in [4.69, 9.17) is 5.73 Å². The van der Waals surface area contributed by atoms with Crippen molar-refractivity contribution in [1.29, 1.82) is 0 Å². The van der Waals surface area contributed by atoms with Gasteiger partial charge in [-0.3, -0.25) is 9.48 Å². The molecule has 100 valence electrons. The van der Waals surface area contributed by atoms with E-state index in [-0.39, 0.29) is 5.91 Å². The molecule has 0 saturated carbocycles. The highest BCUT2D eigenvalue weighted by atomic mass is 16.1. The Hall–Kier alpha value is -2.30. The minimum atomic E-state index is -0.0439. The lowest BCUT2D eigenvalue weighted by atomic mass is 10.0. The highest BCUT2D eigenvalue weighted by Crippen LogP contribution is 2.09. The first-order chi connectivity index (χ1) is 9.20. The van der Waals surface area contributed by atoms with Crippen LogP contribution in [0, 0.1) is 0 Å². The van der Waals surface area contributed by atoms with Gasteiger partial charge in [-0.15, -0.1) is 0 Å². The van der Waals surface area contributed by atoms with Crippen LogP contribution in [0.4, 0.5) is 5.69 Å². The second kappa shape index (κ2) is 6.04. The predicted molar refractivity (Wildman–Crippen MR) is 74.8 cm³/mol.